The molecule has 0 aliphatic heterocycles. The van der Waals surface area contributed by atoms with Gasteiger partial charge in [0, 0.05) is 30.7 Å². The molecule has 1 aromatic carbocycles. The molecule has 0 bridgehead atoms. The normalized spacial score (nSPS) is 11.2. The molecule has 92 valence electrons. The van der Waals surface area contributed by atoms with Crippen molar-refractivity contribution in [3.05, 3.63) is 48.2 Å². The van der Waals surface area contributed by atoms with Crippen LogP contribution in [-0.2, 0) is 20.1 Å². The van der Waals surface area contributed by atoms with Gasteiger partial charge in [0.05, 0.1) is 6.54 Å². The molecule has 0 radical (unpaired) electrons. The summed E-state index contributed by atoms with van der Waals surface area (Å²) in [5.41, 5.74) is 2.46. The van der Waals surface area contributed by atoms with Crippen LogP contribution in [0.25, 0.3) is 10.9 Å². The summed E-state index contributed by atoms with van der Waals surface area (Å²) in [6.07, 6.45) is 3.68. The van der Waals surface area contributed by atoms with Gasteiger partial charge in [0.2, 0.25) is 0 Å². The van der Waals surface area contributed by atoms with E-state index in [1.807, 2.05) is 17.8 Å². The van der Waals surface area contributed by atoms with Crippen molar-refractivity contribution < 1.29 is 0 Å². The van der Waals surface area contributed by atoms with Crippen LogP contribution in [0.5, 0.6) is 0 Å². The van der Waals surface area contributed by atoms with Crippen LogP contribution in [-0.4, -0.2) is 19.7 Å². The molecule has 0 amide bonds. The molecule has 0 aliphatic rings. The molecule has 0 spiro atoms. The molecule has 3 rings (SSSR count). The smallest absolute Gasteiger partial charge is 0.146 e. The summed E-state index contributed by atoms with van der Waals surface area (Å²) < 4.78 is 1.92. The monoisotopic (exact) mass is 241 g/mol. The van der Waals surface area contributed by atoms with E-state index < -0.39 is 0 Å². The highest BCUT2D eigenvalue weighted by Crippen LogP contribution is 2.16. The summed E-state index contributed by atoms with van der Waals surface area (Å²) in [6.45, 7) is 1.54. The number of nitrogens with zero attached hydrogens (tertiary/aromatic N) is 3. The fourth-order valence-electron chi connectivity index (χ4n) is 2.08. The third kappa shape index (κ3) is 2.00. The fourth-order valence-corrected chi connectivity index (χ4v) is 2.08. The van der Waals surface area contributed by atoms with E-state index in [0.29, 0.717) is 0 Å². The highest BCUT2D eigenvalue weighted by atomic mass is 15.3. The average molecular weight is 241 g/mol. The van der Waals surface area contributed by atoms with Gasteiger partial charge in [0.25, 0.3) is 0 Å². The van der Waals surface area contributed by atoms with Crippen molar-refractivity contribution in [3.63, 3.8) is 0 Å². The number of aryl methyl sites for hydroxylation is 1. The minimum Gasteiger partial charge on any atom is -0.361 e. The fraction of sp³-hybridized carbons (Fsp3) is 0.231. The van der Waals surface area contributed by atoms with Crippen molar-refractivity contribution >= 4 is 10.9 Å². The van der Waals surface area contributed by atoms with Crippen LogP contribution in [0.3, 0.4) is 0 Å². The van der Waals surface area contributed by atoms with Crippen LogP contribution in [0.1, 0.15) is 11.4 Å². The summed E-state index contributed by atoms with van der Waals surface area (Å²) in [6, 6.07) is 8.40. The molecule has 2 heterocycles. The van der Waals surface area contributed by atoms with Crippen molar-refractivity contribution in [1.29, 1.82) is 0 Å². The number of fused-ring (bicyclic) bond motifs is 1. The topological polar surface area (TPSA) is 58.5 Å². The highest BCUT2D eigenvalue weighted by molar-refractivity contribution is 5.82. The SMILES string of the molecule is Cn1cnnc1CNCc1cccc2[nH]ccc12. The molecule has 0 aliphatic carbocycles. The number of hydrogen-bond donors (Lipinski definition) is 2. The van der Waals surface area contributed by atoms with Crippen LogP contribution in [0.15, 0.2) is 36.8 Å². The molecule has 2 aromatic heterocycles. The standard InChI is InChI=1S/C13H15N5/c1-18-9-16-17-13(18)8-14-7-10-3-2-4-12-11(10)5-6-15-12/h2-6,9,14-15H,7-8H2,1H3. The van der Waals surface area contributed by atoms with Gasteiger partial charge in [-0.2, -0.15) is 0 Å². The Kier molecular flexibility index (Phi) is 2.82. The zero-order valence-electron chi connectivity index (χ0n) is 10.2. The van der Waals surface area contributed by atoms with Crippen molar-refractivity contribution in [3.8, 4) is 0 Å². The first kappa shape index (κ1) is 11.0. The number of rotatable bonds is 4. The summed E-state index contributed by atoms with van der Waals surface area (Å²) in [5.74, 6) is 0.941. The largest absolute Gasteiger partial charge is 0.361 e. The van der Waals surface area contributed by atoms with E-state index in [1.54, 1.807) is 6.33 Å². The lowest BCUT2D eigenvalue weighted by molar-refractivity contribution is 0.639. The van der Waals surface area contributed by atoms with E-state index >= 15 is 0 Å². The molecule has 0 fully saturated rings. The Morgan fingerprint density at radius 2 is 2.22 bits per heavy atom. The van der Waals surface area contributed by atoms with Crippen LogP contribution in [0.4, 0.5) is 0 Å². The number of hydrogen-bond acceptors (Lipinski definition) is 3. The minimum atomic E-state index is 0.720. The van der Waals surface area contributed by atoms with Crippen LogP contribution in [0, 0.1) is 0 Å². The molecule has 2 N–H and O–H groups in total. The molecule has 3 aromatic rings. The van der Waals surface area contributed by atoms with Crippen molar-refractivity contribution in [1.82, 2.24) is 25.1 Å². The van der Waals surface area contributed by atoms with Gasteiger partial charge < -0.3 is 14.9 Å². The molecular formula is C13H15N5. The number of aromatic nitrogens is 4. The Hall–Kier alpha value is -2.14. The third-order valence-electron chi connectivity index (χ3n) is 3.09. The lowest BCUT2D eigenvalue weighted by Crippen LogP contribution is -2.15. The first-order valence-electron chi connectivity index (χ1n) is 5.93. The predicted octanol–water partition coefficient (Wildman–Crippen LogP) is 1.59. The maximum atomic E-state index is 4.04. The van der Waals surface area contributed by atoms with E-state index in [0.717, 1.165) is 18.9 Å². The minimum absolute atomic E-state index is 0.720. The Morgan fingerprint density at radius 1 is 1.28 bits per heavy atom. The number of H-pyrrole nitrogens is 1. The number of aromatic amines is 1. The van der Waals surface area contributed by atoms with Crippen molar-refractivity contribution in [2.75, 3.05) is 0 Å². The van der Waals surface area contributed by atoms with Gasteiger partial charge in [-0.1, -0.05) is 12.1 Å². The Balaban J connectivity index is 1.70. The molecule has 5 nitrogen and oxygen atoms in total. The molecular weight excluding hydrogens is 226 g/mol. The third-order valence-corrected chi connectivity index (χ3v) is 3.09. The van der Waals surface area contributed by atoms with E-state index in [2.05, 4.69) is 44.8 Å². The summed E-state index contributed by atoms with van der Waals surface area (Å²) in [4.78, 5) is 3.22. The molecule has 18 heavy (non-hydrogen) atoms. The maximum absolute atomic E-state index is 4.04. The van der Waals surface area contributed by atoms with Gasteiger partial charge in [-0.05, 0) is 17.7 Å². The molecule has 0 atom stereocenters. The van der Waals surface area contributed by atoms with Gasteiger partial charge in [-0.3, -0.25) is 0 Å². The van der Waals surface area contributed by atoms with Gasteiger partial charge in [-0.15, -0.1) is 10.2 Å². The van der Waals surface area contributed by atoms with Gasteiger partial charge >= 0.3 is 0 Å². The second kappa shape index (κ2) is 4.62. The molecule has 5 heteroatoms. The lowest BCUT2D eigenvalue weighted by atomic mass is 10.1. The average Bonchev–Trinajstić information content (AvgIpc) is 2.99. The van der Waals surface area contributed by atoms with E-state index in [-0.39, 0.29) is 0 Å². The van der Waals surface area contributed by atoms with Gasteiger partial charge in [0.1, 0.15) is 12.2 Å². The van der Waals surface area contributed by atoms with Crippen LogP contribution >= 0.6 is 0 Å². The lowest BCUT2D eigenvalue weighted by Gasteiger charge is -2.05. The van der Waals surface area contributed by atoms with E-state index in [4.69, 9.17) is 0 Å². The first-order chi connectivity index (χ1) is 8.84. The second-order valence-electron chi connectivity index (χ2n) is 4.32. The van der Waals surface area contributed by atoms with E-state index in [1.165, 1.54) is 16.5 Å². The maximum Gasteiger partial charge on any atom is 0.146 e. The zero-order chi connectivity index (χ0) is 12.4. The molecule has 0 saturated heterocycles. The Morgan fingerprint density at radius 3 is 3.06 bits per heavy atom. The summed E-state index contributed by atoms with van der Waals surface area (Å²) >= 11 is 0. The quantitative estimate of drug-likeness (QED) is 0.729. The van der Waals surface area contributed by atoms with Gasteiger partial charge in [-0.25, -0.2) is 0 Å². The zero-order valence-corrected chi connectivity index (χ0v) is 10.2. The number of benzene rings is 1. The summed E-state index contributed by atoms with van der Waals surface area (Å²) in [5, 5.41) is 12.6. The Labute approximate surface area is 105 Å². The summed E-state index contributed by atoms with van der Waals surface area (Å²) in [7, 11) is 1.95. The van der Waals surface area contributed by atoms with Crippen LogP contribution in [0.2, 0.25) is 0 Å². The highest BCUT2D eigenvalue weighted by Gasteiger charge is 2.03. The number of nitrogens with one attached hydrogen (secondary N) is 2. The second-order valence-corrected chi connectivity index (χ2v) is 4.32. The molecule has 0 saturated carbocycles. The molecule has 0 unspecified atom stereocenters. The predicted molar refractivity (Wildman–Crippen MR) is 69.8 cm³/mol. The Bertz CT molecular complexity index is 652. The van der Waals surface area contributed by atoms with Crippen molar-refractivity contribution in [2.24, 2.45) is 7.05 Å². The van der Waals surface area contributed by atoms with Crippen LogP contribution < -0.4 is 5.32 Å². The van der Waals surface area contributed by atoms with E-state index in [9.17, 15) is 0 Å². The first-order valence-corrected chi connectivity index (χ1v) is 5.93. The van der Waals surface area contributed by atoms with Crippen molar-refractivity contribution in [2.45, 2.75) is 13.1 Å². The van der Waals surface area contributed by atoms with Gasteiger partial charge in [0.15, 0.2) is 0 Å².